The van der Waals surface area contributed by atoms with Crippen molar-refractivity contribution in [3.63, 3.8) is 0 Å². The minimum atomic E-state index is -1.67. The largest absolute Gasteiger partial charge is 0.481 e. The molecule has 0 aromatic carbocycles. The van der Waals surface area contributed by atoms with Gasteiger partial charge < -0.3 is 37.2 Å². The molecule has 0 aliphatic heterocycles. The number of amides is 4. The molecule has 0 heterocycles. The van der Waals surface area contributed by atoms with Gasteiger partial charge in [-0.2, -0.15) is 0 Å². The van der Waals surface area contributed by atoms with Gasteiger partial charge in [0.1, 0.15) is 24.2 Å². The molecule has 0 saturated heterocycles. The molecular formula is C24H43N5O8. The first-order valence-corrected chi connectivity index (χ1v) is 12.4. The zero-order valence-corrected chi connectivity index (χ0v) is 22.7. The Hall–Kier alpha value is -3.22. The lowest BCUT2D eigenvalue weighted by Crippen LogP contribution is -2.60. The topological polar surface area (TPSA) is 217 Å². The molecule has 4 amide bonds. The number of hydrogen-bond acceptors (Lipinski definition) is 7. The van der Waals surface area contributed by atoms with Crippen molar-refractivity contribution in [1.29, 1.82) is 0 Å². The van der Waals surface area contributed by atoms with Crippen molar-refractivity contribution in [3.8, 4) is 0 Å². The Labute approximate surface area is 217 Å². The molecular weight excluding hydrogens is 486 g/mol. The van der Waals surface area contributed by atoms with Gasteiger partial charge in [0.15, 0.2) is 0 Å². The van der Waals surface area contributed by atoms with Gasteiger partial charge in [0.25, 0.3) is 0 Å². The monoisotopic (exact) mass is 529 g/mol. The highest BCUT2D eigenvalue weighted by atomic mass is 16.4. The summed E-state index contributed by atoms with van der Waals surface area (Å²) in [5, 5.41) is 27.7. The molecule has 0 aliphatic carbocycles. The Morgan fingerprint density at radius 3 is 1.68 bits per heavy atom. The molecule has 0 fully saturated rings. The van der Waals surface area contributed by atoms with Gasteiger partial charge in [0.2, 0.25) is 23.6 Å². The fraction of sp³-hybridized carbons (Fsp3) is 0.750. The van der Waals surface area contributed by atoms with E-state index in [-0.39, 0.29) is 11.8 Å². The van der Waals surface area contributed by atoms with Crippen LogP contribution in [0.5, 0.6) is 0 Å². The first-order chi connectivity index (χ1) is 17.0. The fourth-order valence-corrected chi connectivity index (χ4v) is 3.40. The van der Waals surface area contributed by atoms with E-state index < -0.39 is 78.1 Å². The number of aliphatic carboxylic acids is 2. The average molecular weight is 530 g/mol. The van der Waals surface area contributed by atoms with Gasteiger partial charge >= 0.3 is 11.9 Å². The van der Waals surface area contributed by atoms with Crippen LogP contribution in [0.25, 0.3) is 0 Å². The van der Waals surface area contributed by atoms with E-state index in [1.165, 1.54) is 6.92 Å². The van der Waals surface area contributed by atoms with E-state index in [1.807, 2.05) is 20.8 Å². The van der Waals surface area contributed by atoms with Crippen LogP contribution in [0, 0.1) is 17.8 Å². The van der Waals surface area contributed by atoms with Crippen LogP contribution in [-0.2, 0) is 28.8 Å². The summed E-state index contributed by atoms with van der Waals surface area (Å²) in [6, 6.07) is -5.71. The minimum Gasteiger partial charge on any atom is -0.481 e. The van der Waals surface area contributed by atoms with Crippen LogP contribution in [-0.4, -0.2) is 76.0 Å². The summed E-state index contributed by atoms with van der Waals surface area (Å²) >= 11 is 0. The summed E-state index contributed by atoms with van der Waals surface area (Å²) in [4.78, 5) is 73.0. The van der Waals surface area contributed by atoms with Crippen molar-refractivity contribution in [2.45, 2.75) is 97.9 Å². The van der Waals surface area contributed by atoms with Gasteiger partial charge in [-0.1, -0.05) is 48.0 Å². The van der Waals surface area contributed by atoms with Crippen molar-refractivity contribution in [1.82, 2.24) is 21.3 Å². The molecule has 6 atom stereocenters. The highest BCUT2D eigenvalue weighted by molar-refractivity contribution is 5.95. The van der Waals surface area contributed by atoms with Crippen LogP contribution in [0.2, 0.25) is 0 Å². The highest BCUT2D eigenvalue weighted by Gasteiger charge is 2.33. The number of carbonyl (C=O) groups excluding carboxylic acids is 4. The number of hydrogen-bond donors (Lipinski definition) is 7. The fourth-order valence-electron chi connectivity index (χ4n) is 3.40. The predicted molar refractivity (Wildman–Crippen MR) is 135 cm³/mol. The van der Waals surface area contributed by atoms with Crippen LogP contribution in [0.3, 0.4) is 0 Å². The summed E-state index contributed by atoms with van der Waals surface area (Å²) < 4.78 is 0. The number of rotatable bonds is 16. The van der Waals surface area contributed by atoms with E-state index in [1.54, 1.807) is 20.8 Å². The van der Waals surface area contributed by atoms with Crippen LogP contribution in [0.15, 0.2) is 0 Å². The van der Waals surface area contributed by atoms with Gasteiger partial charge in [-0.15, -0.1) is 0 Å². The van der Waals surface area contributed by atoms with Gasteiger partial charge in [-0.3, -0.25) is 24.0 Å². The van der Waals surface area contributed by atoms with Crippen molar-refractivity contribution < 1.29 is 39.0 Å². The average Bonchev–Trinajstić information content (AvgIpc) is 2.78. The Kier molecular flexibility index (Phi) is 14.4. The third-order valence-electron chi connectivity index (χ3n) is 5.85. The Bertz CT molecular complexity index is 832. The van der Waals surface area contributed by atoms with Gasteiger partial charge in [-0.05, 0) is 31.1 Å². The summed E-state index contributed by atoms with van der Waals surface area (Å²) in [6.45, 7) is 12.1. The SMILES string of the molecule is CC[C@H](C)[C@H](NC(=O)[C@@H](N)CC(C)C)C(=O)N[C@H](C(=O)N[C@@H](C)C(=O)N[C@@H](CC(=O)O)C(=O)O)C(C)C. The van der Waals surface area contributed by atoms with Crippen molar-refractivity contribution in [2.24, 2.45) is 23.5 Å². The zero-order chi connectivity index (χ0) is 29.0. The van der Waals surface area contributed by atoms with E-state index >= 15 is 0 Å². The van der Waals surface area contributed by atoms with Crippen molar-refractivity contribution >= 4 is 35.6 Å². The van der Waals surface area contributed by atoms with Crippen LogP contribution < -0.4 is 27.0 Å². The number of nitrogens with one attached hydrogen (secondary N) is 4. The highest BCUT2D eigenvalue weighted by Crippen LogP contribution is 2.12. The van der Waals surface area contributed by atoms with Gasteiger partial charge in [-0.25, -0.2) is 4.79 Å². The molecule has 0 bridgehead atoms. The molecule has 0 unspecified atom stereocenters. The molecule has 0 radical (unpaired) electrons. The van der Waals surface area contributed by atoms with E-state index in [0.29, 0.717) is 12.8 Å². The molecule has 0 aliphatic rings. The molecule has 0 spiro atoms. The first-order valence-electron chi connectivity index (χ1n) is 12.4. The number of nitrogens with two attached hydrogens (primary N) is 1. The maximum absolute atomic E-state index is 13.1. The molecule has 0 rings (SSSR count). The molecule has 212 valence electrons. The Morgan fingerprint density at radius 1 is 0.730 bits per heavy atom. The Morgan fingerprint density at radius 2 is 1.24 bits per heavy atom. The maximum atomic E-state index is 13.1. The van der Waals surface area contributed by atoms with Gasteiger partial charge in [0, 0.05) is 0 Å². The standard InChI is InChI=1S/C24H43N5O8/c1-8-13(6)19(29-21(33)15(25)9-11(2)3)23(35)28-18(12(4)5)22(34)26-14(7)20(32)27-16(24(36)37)10-17(30)31/h11-16,18-19H,8-10,25H2,1-7H3,(H,26,34)(H,27,32)(H,28,35)(H,29,33)(H,30,31)(H,36,37)/t13-,14-,15-,16-,18-,19-/m0/s1. The Balaban J connectivity index is 5.45. The van der Waals surface area contributed by atoms with E-state index in [4.69, 9.17) is 15.9 Å². The number of carboxylic acid groups (broad SMARTS) is 2. The molecule has 0 aromatic heterocycles. The normalized spacial score (nSPS) is 16.1. The van der Waals surface area contributed by atoms with E-state index in [2.05, 4.69) is 21.3 Å². The lowest BCUT2D eigenvalue weighted by atomic mass is 9.95. The van der Waals surface area contributed by atoms with Crippen molar-refractivity contribution in [2.75, 3.05) is 0 Å². The molecule has 0 saturated carbocycles. The van der Waals surface area contributed by atoms with Gasteiger partial charge in [0.05, 0.1) is 12.5 Å². The zero-order valence-electron chi connectivity index (χ0n) is 22.7. The second-order valence-corrected chi connectivity index (χ2v) is 10.1. The summed E-state index contributed by atoms with van der Waals surface area (Å²) in [6.07, 6.45) is 0.164. The number of carbonyl (C=O) groups is 6. The van der Waals surface area contributed by atoms with Crippen LogP contribution >= 0.6 is 0 Å². The molecule has 37 heavy (non-hydrogen) atoms. The van der Waals surface area contributed by atoms with E-state index in [0.717, 1.165) is 0 Å². The molecule has 8 N–H and O–H groups in total. The molecule has 13 nitrogen and oxygen atoms in total. The second kappa shape index (κ2) is 15.8. The summed E-state index contributed by atoms with van der Waals surface area (Å²) in [5.41, 5.74) is 5.95. The minimum absolute atomic E-state index is 0.180. The summed E-state index contributed by atoms with van der Waals surface area (Å²) in [5.74, 6) is -6.11. The molecule has 13 heteroatoms. The third kappa shape index (κ3) is 12.0. The van der Waals surface area contributed by atoms with Crippen molar-refractivity contribution in [3.05, 3.63) is 0 Å². The number of carboxylic acids is 2. The quantitative estimate of drug-likeness (QED) is 0.138. The maximum Gasteiger partial charge on any atom is 0.326 e. The lowest BCUT2D eigenvalue weighted by molar-refractivity contribution is -0.147. The van der Waals surface area contributed by atoms with E-state index in [9.17, 15) is 28.8 Å². The first kappa shape index (κ1) is 33.8. The van der Waals surface area contributed by atoms with Crippen LogP contribution in [0.4, 0.5) is 0 Å². The second-order valence-electron chi connectivity index (χ2n) is 10.1. The summed E-state index contributed by atoms with van der Waals surface area (Å²) in [7, 11) is 0. The smallest absolute Gasteiger partial charge is 0.326 e. The lowest BCUT2D eigenvalue weighted by Gasteiger charge is -2.29. The van der Waals surface area contributed by atoms with Crippen LogP contribution in [0.1, 0.15) is 67.7 Å². The third-order valence-corrected chi connectivity index (χ3v) is 5.85. The molecule has 0 aromatic rings. The predicted octanol–water partition coefficient (Wildman–Crippen LogP) is -0.420.